The quantitative estimate of drug-likeness (QED) is 0.911. The van der Waals surface area contributed by atoms with Gasteiger partial charge in [0.15, 0.2) is 0 Å². The predicted octanol–water partition coefficient (Wildman–Crippen LogP) is 3.45. The summed E-state index contributed by atoms with van der Waals surface area (Å²) in [7, 11) is 0. The molecule has 0 spiro atoms. The lowest BCUT2D eigenvalue weighted by Crippen LogP contribution is -2.39. The minimum atomic E-state index is -0.0981. The van der Waals surface area contributed by atoms with Crippen molar-refractivity contribution < 1.29 is 9.59 Å². The van der Waals surface area contributed by atoms with Gasteiger partial charge in [0.25, 0.3) is 0 Å². The van der Waals surface area contributed by atoms with Gasteiger partial charge in [0.2, 0.25) is 5.91 Å². The van der Waals surface area contributed by atoms with E-state index in [-0.39, 0.29) is 11.9 Å². The molecule has 0 saturated carbocycles. The Bertz CT molecular complexity index is 688. The molecular weight excluding hydrogens is 334 g/mol. The molecule has 3 amide bonds. The van der Waals surface area contributed by atoms with E-state index in [1.165, 1.54) is 4.88 Å². The van der Waals surface area contributed by atoms with E-state index < -0.39 is 0 Å². The molecule has 1 aliphatic rings. The van der Waals surface area contributed by atoms with Crippen molar-refractivity contribution >= 4 is 29.0 Å². The molecule has 1 saturated heterocycles. The van der Waals surface area contributed by atoms with Crippen LogP contribution < -0.4 is 5.32 Å². The number of para-hydroxylation sites is 1. The number of thiophene rings is 1. The second-order valence-electron chi connectivity index (χ2n) is 6.10. The van der Waals surface area contributed by atoms with E-state index in [1.807, 2.05) is 46.7 Å². The van der Waals surface area contributed by atoms with Gasteiger partial charge in [-0.25, -0.2) is 4.79 Å². The number of aryl methyl sites for hydroxylation is 1. The highest BCUT2D eigenvalue weighted by Gasteiger charge is 2.21. The van der Waals surface area contributed by atoms with Crippen LogP contribution in [0.2, 0.25) is 0 Å². The number of nitrogens with one attached hydrogen (secondary N) is 1. The van der Waals surface area contributed by atoms with Crippen LogP contribution in [-0.4, -0.2) is 47.9 Å². The maximum absolute atomic E-state index is 12.4. The molecule has 2 heterocycles. The minimum Gasteiger partial charge on any atom is -0.341 e. The van der Waals surface area contributed by atoms with Gasteiger partial charge in [-0.3, -0.25) is 4.79 Å². The SMILES string of the molecule is O=C(CCc1cccs1)N1CCCN(C(=O)Nc2ccccc2)CC1. The van der Waals surface area contributed by atoms with Crippen LogP contribution in [0.25, 0.3) is 0 Å². The first-order chi connectivity index (χ1) is 12.2. The largest absolute Gasteiger partial charge is 0.341 e. The lowest BCUT2D eigenvalue weighted by molar-refractivity contribution is -0.131. The first kappa shape index (κ1) is 17.5. The molecule has 0 atom stereocenters. The molecule has 132 valence electrons. The number of anilines is 1. The summed E-state index contributed by atoms with van der Waals surface area (Å²) in [5.41, 5.74) is 0.792. The van der Waals surface area contributed by atoms with Crippen LogP contribution in [0.1, 0.15) is 17.7 Å². The second-order valence-corrected chi connectivity index (χ2v) is 7.13. The van der Waals surface area contributed by atoms with Crippen LogP contribution in [0.5, 0.6) is 0 Å². The molecule has 0 bridgehead atoms. The fourth-order valence-electron chi connectivity index (χ4n) is 2.94. The molecule has 2 aromatic rings. The summed E-state index contributed by atoms with van der Waals surface area (Å²) in [5, 5.41) is 4.95. The number of rotatable bonds is 4. The lowest BCUT2D eigenvalue weighted by Gasteiger charge is -2.22. The number of urea groups is 1. The number of hydrogen-bond donors (Lipinski definition) is 1. The molecule has 25 heavy (non-hydrogen) atoms. The summed E-state index contributed by atoms with van der Waals surface area (Å²) in [6.07, 6.45) is 2.15. The van der Waals surface area contributed by atoms with Gasteiger partial charge in [-0.15, -0.1) is 11.3 Å². The van der Waals surface area contributed by atoms with Crippen LogP contribution in [0, 0.1) is 0 Å². The highest BCUT2D eigenvalue weighted by Crippen LogP contribution is 2.13. The molecule has 0 unspecified atom stereocenters. The second kappa shape index (κ2) is 8.67. The standard InChI is InChI=1S/C19H23N3O2S/c23-18(10-9-17-8-4-15-25-17)21-11-5-12-22(14-13-21)19(24)20-16-6-2-1-3-7-16/h1-4,6-8,15H,5,9-14H2,(H,20,24). The van der Waals surface area contributed by atoms with Crippen molar-refractivity contribution in [2.45, 2.75) is 19.3 Å². The molecule has 1 aromatic heterocycles. The molecule has 1 aliphatic heterocycles. The Morgan fingerprint density at radius 2 is 1.72 bits per heavy atom. The highest BCUT2D eigenvalue weighted by molar-refractivity contribution is 7.09. The monoisotopic (exact) mass is 357 g/mol. The Labute approximate surface area is 152 Å². The first-order valence-corrected chi connectivity index (χ1v) is 9.51. The maximum Gasteiger partial charge on any atom is 0.321 e. The van der Waals surface area contributed by atoms with E-state index in [1.54, 1.807) is 16.2 Å². The summed E-state index contributed by atoms with van der Waals surface area (Å²) < 4.78 is 0. The fourth-order valence-corrected chi connectivity index (χ4v) is 3.65. The average molecular weight is 357 g/mol. The Morgan fingerprint density at radius 3 is 2.48 bits per heavy atom. The first-order valence-electron chi connectivity index (χ1n) is 8.63. The molecule has 0 aliphatic carbocycles. The molecule has 5 nitrogen and oxygen atoms in total. The fraction of sp³-hybridized carbons (Fsp3) is 0.368. The Hall–Kier alpha value is -2.34. The average Bonchev–Trinajstić information content (AvgIpc) is 3.02. The normalized spacial score (nSPS) is 14.9. The van der Waals surface area contributed by atoms with Crippen molar-refractivity contribution in [3.05, 3.63) is 52.7 Å². The molecule has 1 aromatic carbocycles. The third-order valence-electron chi connectivity index (χ3n) is 4.33. The summed E-state index contributed by atoms with van der Waals surface area (Å²) in [5.74, 6) is 0.179. The number of nitrogens with zero attached hydrogens (tertiary/aromatic N) is 2. The minimum absolute atomic E-state index is 0.0981. The number of amides is 3. The number of carbonyl (C=O) groups excluding carboxylic acids is 2. The van der Waals surface area contributed by atoms with Crippen molar-refractivity contribution in [2.24, 2.45) is 0 Å². The van der Waals surface area contributed by atoms with Gasteiger partial charge in [-0.05, 0) is 36.4 Å². The lowest BCUT2D eigenvalue weighted by atomic mass is 10.2. The van der Waals surface area contributed by atoms with Crippen molar-refractivity contribution in [3.8, 4) is 0 Å². The zero-order chi connectivity index (χ0) is 17.5. The molecule has 1 fully saturated rings. The van der Waals surface area contributed by atoms with Crippen LogP contribution in [-0.2, 0) is 11.2 Å². The van der Waals surface area contributed by atoms with Crippen LogP contribution in [0.15, 0.2) is 47.8 Å². The van der Waals surface area contributed by atoms with E-state index in [9.17, 15) is 9.59 Å². The molecule has 1 N–H and O–H groups in total. The van der Waals surface area contributed by atoms with Crippen molar-refractivity contribution in [1.82, 2.24) is 9.80 Å². The van der Waals surface area contributed by atoms with Gasteiger partial charge in [0, 0.05) is 43.2 Å². The summed E-state index contributed by atoms with van der Waals surface area (Å²) in [6.45, 7) is 2.57. The van der Waals surface area contributed by atoms with Gasteiger partial charge in [-0.1, -0.05) is 24.3 Å². The van der Waals surface area contributed by atoms with Crippen LogP contribution >= 0.6 is 11.3 Å². The van der Waals surface area contributed by atoms with Gasteiger partial charge in [-0.2, -0.15) is 0 Å². The topological polar surface area (TPSA) is 52.7 Å². The number of carbonyl (C=O) groups is 2. The third kappa shape index (κ3) is 5.06. The molecule has 0 radical (unpaired) electrons. The predicted molar refractivity (Wildman–Crippen MR) is 101 cm³/mol. The van der Waals surface area contributed by atoms with Crippen molar-refractivity contribution in [1.29, 1.82) is 0 Å². The number of benzene rings is 1. The summed E-state index contributed by atoms with van der Waals surface area (Å²) >= 11 is 1.69. The number of hydrogen-bond acceptors (Lipinski definition) is 3. The van der Waals surface area contributed by atoms with E-state index in [4.69, 9.17) is 0 Å². The highest BCUT2D eigenvalue weighted by atomic mass is 32.1. The smallest absolute Gasteiger partial charge is 0.321 e. The Kier molecular flexibility index (Phi) is 6.06. The Balaban J connectivity index is 1.48. The maximum atomic E-state index is 12.4. The van der Waals surface area contributed by atoms with Crippen LogP contribution in [0.4, 0.5) is 10.5 Å². The molecular formula is C19H23N3O2S. The Morgan fingerprint density at radius 1 is 0.960 bits per heavy atom. The van der Waals surface area contributed by atoms with E-state index in [2.05, 4.69) is 11.4 Å². The van der Waals surface area contributed by atoms with Crippen molar-refractivity contribution in [2.75, 3.05) is 31.5 Å². The van der Waals surface area contributed by atoms with Crippen LogP contribution in [0.3, 0.4) is 0 Å². The van der Waals surface area contributed by atoms with Gasteiger partial charge < -0.3 is 15.1 Å². The van der Waals surface area contributed by atoms with E-state index >= 15 is 0 Å². The van der Waals surface area contributed by atoms with Gasteiger partial charge in [0.05, 0.1) is 0 Å². The summed E-state index contributed by atoms with van der Waals surface area (Å²) in [6, 6.07) is 13.4. The van der Waals surface area contributed by atoms with E-state index in [0.717, 1.165) is 25.1 Å². The third-order valence-corrected chi connectivity index (χ3v) is 5.26. The zero-order valence-electron chi connectivity index (χ0n) is 14.2. The zero-order valence-corrected chi connectivity index (χ0v) is 15.0. The van der Waals surface area contributed by atoms with Gasteiger partial charge in [0.1, 0.15) is 0 Å². The van der Waals surface area contributed by atoms with E-state index in [0.29, 0.717) is 26.1 Å². The van der Waals surface area contributed by atoms with Gasteiger partial charge >= 0.3 is 6.03 Å². The van der Waals surface area contributed by atoms with Crippen molar-refractivity contribution in [3.63, 3.8) is 0 Å². The molecule has 6 heteroatoms. The summed E-state index contributed by atoms with van der Waals surface area (Å²) in [4.78, 5) is 29.7. The molecule has 3 rings (SSSR count).